The minimum Gasteiger partial charge on any atom is -0.377 e. The van der Waals surface area contributed by atoms with Crippen molar-refractivity contribution >= 4 is 0 Å². The summed E-state index contributed by atoms with van der Waals surface area (Å²) in [5.41, 5.74) is 6.73. The monoisotopic (exact) mass is 470 g/mol. The first-order valence-corrected chi connectivity index (χ1v) is 10.1. The van der Waals surface area contributed by atoms with Crippen LogP contribution in [0.5, 0.6) is 0 Å². The lowest BCUT2D eigenvalue weighted by Gasteiger charge is -2.44. The van der Waals surface area contributed by atoms with Crippen LogP contribution in [0, 0.1) is 5.92 Å². The summed E-state index contributed by atoms with van der Waals surface area (Å²) in [5, 5.41) is 13.0. The van der Waals surface area contributed by atoms with Crippen molar-refractivity contribution in [2.24, 2.45) is 11.7 Å². The molecule has 6 unspecified atom stereocenters. The van der Waals surface area contributed by atoms with Gasteiger partial charge in [-0.25, -0.2) is 19.6 Å². The number of hydrogen-bond donors (Lipinski definition) is 5. The maximum atomic E-state index is 14.1. The summed E-state index contributed by atoms with van der Waals surface area (Å²) >= 11 is 0. The van der Waals surface area contributed by atoms with Gasteiger partial charge in [-0.05, 0) is 25.7 Å². The number of nitrogens with one attached hydrogen (secondary N) is 3. The van der Waals surface area contributed by atoms with Crippen molar-refractivity contribution in [1.29, 1.82) is 0 Å². The zero-order valence-electron chi connectivity index (χ0n) is 16.4. The van der Waals surface area contributed by atoms with Gasteiger partial charge in [0, 0.05) is 24.9 Å². The predicted octanol–water partition coefficient (Wildman–Crippen LogP) is 2.28. The Balaban J connectivity index is 1.89. The lowest BCUT2D eigenvalue weighted by atomic mass is 9.81. The average Bonchev–Trinajstić information content (AvgIpc) is 3.12. The number of alkyl halides is 8. The molecule has 0 aliphatic carbocycles. The molecule has 3 aliphatic rings. The molecule has 0 aromatic carbocycles. The third kappa shape index (κ3) is 5.24. The van der Waals surface area contributed by atoms with Gasteiger partial charge in [-0.15, -0.1) is 0 Å². The lowest BCUT2D eigenvalue weighted by molar-refractivity contribution is -0.303. The van der Waals surface area contributed by atoms with E-state index in [0.717, 1.165) is 0 Å². The van der Waals surface area contributed by atoms with Gasteiger partial charge in [-0.1, -0.05) is 6.42 Å². The van der Waals surface area contributed by atoms with Gasteiger partial charge in [0.1, 0.15) is 6.23 Å². The Bertz CT molecular complexity index is 634. The molecule has 0 aromatic rings. The molecule has 14 heteroatoms. The number of hydrogen-bond acceptors (Lipinski definition) is 6. The van der Waals surface area contributed by atoms with Crippen LogP contribution in [0.15, 0.2) is 0 Å². The zero-order valence-corrected chi connectivity index (χ0v) is 16.4. The van der Waals surface area contributed by atoms with Gasteiger partial charge in [0.15, 0.2) is 6.23 Å². The molecule has 31 heavy (non-hydrogen) atoms. The first kappa shape index (κ1) is 24.8. The third-order valence-corrected chi connectivity index (χ3v) is 6.37. The van der Waals surface area contributed by atoms with Crippen LogP contribution in [0.4, 0.5) is 35.1 Å². The van der Waals surface area contributed by atoms with Gasteiger partial charge in [-0.2, -0.15) is 26.3 Å². The number of halogens is 8. The Kier molecular flexibility index (Phi) is 6.83. The molecule has 6 nitrogen and oxygen atoms in total. The van der Waals surface area contributed by atoms with Crippen molar-refractivity contribution in [3.05, 3.63) is 0 Å². The van der Waals surface area contributed by atoms with Crippen LogP contribution in [0.2, 0.25) is 0 Å². The molecular formula is C17H26F8N4O2. The molecule has 0 radical (unpaired) electrons. The second-order valence-electron chi connectivity index (χ2n) is 8.60. The highest BCUT2D eigenvalue weighted by atomic mass is 19.4. The number of rotatable bonds is 0. The van der Waals surface area contributed by atoms with Gasteiger partial charge >= 0.3 is 12.4 Å². The number of piperidine rings is 1. The fraction of sp³-hybridized carbons (Fsp3) is 1.00. The van der Waals surface area contributed by atoms with Crippen molar-refractivity contribution in [3.63, 3.8) is 0 Å². The summed E-state index contributed by atoms with van der Waals surface area (Å²) in [6.45, 7) is 0. The van der Waals surface area contributed by atoms with E-state index in [0.29, 0.717) is 0 Å². The molecule has 3 rings (SSSR count). The predicted molar refractivity (Wildman–Crippen MR) is 91.4 cm³/mol. The van der Waals surface area contributed by atoms with Crippen LogP contribution in [0.25, 0.3) is 0 Å². The van der Waals surface area contributed by atoms with Crippen molar-refractivity contribution in [2.45, 2.75) is 99.4 Å². The largest absolute Gasteiger partial charge is 0.421 e. The summed E-state index contributed by atoms with van der Waals surface area (Å²) in [7, 11) is 0. The molecule has 3 aliphatic heterocycles. The SMILES string of the molecule is NC1CC(C(F)(F)F)C2CCCCC(F)(F)CC[C@@](O)(C(F)(F)F)C3NNC(O3)C1N2. The molecule has 4 bridgehead atoms. The Morgan fingerprint density at radius 1 is 0.968 bits per heavy atom. The number of ether oxygens (including phenoxy) is 1. The van der Waals surface area contributed by atoms with Crippen LogP contribution >= 0.6 is 0 Å². The van der Waals surface area contributed by atoms with Crippen LogP contribution < -0.4 is 21.9 Å². The van der Waals surface area contributed by atoms with E-state index in [9.17, 15) is 40.2 Å². The van der Waals surface area contributed by atoms with Crippen LogP contribution in [-0.2, 0) is 4.74 Å². The smallest absolute Gasteiger partial charge is 0.377 e. The summed E-state index contributed by atoms with van der Waals surface area (Å²) in [6, 6.07) is -3.27. The molecule has 0 saturated carbocycles. The van der Waals surface area contributed by atoms with Gasteiger partial charge in [0.05, 0.1) is 12.0 Å². The second kappa shape index (κ2) is 8.52. The Morgan fingerprint density at radius 2 is 1.65 bits per heavy atom. The van der Waals surface area contributed by atoms with E-state index in [2.05, 4.69) is 16.2 Å². The molecule has 0 aromatic heterocycles. The Morgan fingerprint density at radius 3 is 2.26 bits per heavy atom. The minimum atomic E-state index is -5.31. The molecular weight excluding hydrogens is 444 g/mol. The van der Waals surface area contributed by atoms with E-state index in [1.54, 1.807) is 0 Å². The normalized spacial score (nSPS) is 42.8. The van der Waals surface area contributed by atoms with Crippen molar-refractivity contribution in [2.75, 3.05) is 0 Å². The highest BCUT2D eigenvalue weighted by Crippen LogP contribution is 2.43. The number of aliphatic hydroxyl groups is 1. The fourth-order valence-electron chi connectivity index (χ4n) is 4.50. The Hall–Kier alpha value is -0.800. The second-order valence-corrected chi connectivity index (χ2v) is 8.60. The lowest BCUT2D eigenvalue weighted by Crippen LogP contribution is -2.66. The maximum absolute atomic E-state index is 14.1. The molecule has 3 fully saturated rings. The van der Waals surface area contributed by atoms with Crippen molar-refractivity contribution in [1.82, 2.24) is 16.2 Å². The summed E-state index contributed by atoms with van der Waals surface area (Å²) in [4.78, 5) is 0. The van der Waals surface area contributed by atoms with Gasteiger partial charge in [-0.3, -0.25) is 0 Å². The van der Waals surface area contributed by atoms with E-state index < -0.39 is 86.1 Å². The van der Waals surface area contributed by atoms with Gasteiger partial charge < -0.3 is 20.9 Å². The minimum absolute atomic E-state index is 0.0190. The van der Waals surface area contributed by atoms with Crippen LogP contribution in [0.3, 0.4) is 0 Å². The van der Waals surface area contributed by atoms with E-state index >= 15 is 0 Å². The first-order valence-electron chi connectivity index (χ1n) is 10.1. The van der Waals surface area contributed by atoms with Crippen LogP contribution in [-0.4, -0.2) is 59.6 Å². The molecule has 182 valence electrons. The molecule has 6 N–H and O–H groups in total. The quantitative estimate of drug-likeness (QED) is 0.349. The average molecular weight is 470 g/mol. The Labute approximate surface area is 173 Å². The molecule has 3 heterocycles. The first-order chi connectivity index (χ1) is 14.1. The summed E-state index contributed by atoms with van der Waals surface area (Å²) < 4.78 is 115. The van der Waals surface area contributed by atoms with Crippen molar-refractivity contribution < 1.29 is 45.0 Å². The van der Waals surface area contributed by atoms with Crippen LogP contribution in [0.1, 0.15) is 44.9 Å². The maximum Gasteiger partial charge on any atom is 0.421 e. The topological polar surface area (TPSA) is 91.6 Å². The fourth-order valence-corrected chi connectivity index (χ4v) is 4.50. The zero-order chi connectivity index (χ0) is 23.2. The summed E-state index contributed by atoms with van der Waals surface area (Å²) in [5.74, 6) is -5.35. The summed E-state index contributed by atoms with van der Waals surface area (Å²) in [6.07, 6.45) is -17.4. The number of fused-ring (bicyclic) bond motifs is 5. The number of nitrogens with two attached hydrogens (primary N) is 1. The standard InChI is InChI=1S/C17H26F8N4O2/c18-14(19)4-2-1-3-10-8(16(20,21)22)7-9(26)11(27-10)12-28-29-13(31-12)15(30,6-5-14)17(23,24)25/h8-13,27-30H,1-7,26H2/t8?,9?,10?,11?,12?,13?,15-/m0/s1. The highest BCUT2D eigenvalue weighted by Gasteiger charge is 2.62. The number of hydrazine groups is 1. The van der Waals surface area contributed by atoms with E-state index in [4.69, 9.17) is 10.5 Å². The van der Waals surface area contributed by atoms with E-state index in [-0.39, 0.29) is 19.3 Å². The van der Waals surface area contributed by atoms with Gasteiger partial charge in [0.25, 0.3) is 0 Å². The van der Waals surface area contributed by atoms with E-state index in [1.807, 2.05) is 0 Å². The molecule has 7 atom stereocenters. The molecule has 0 amide bonds. The molecule has 3 saturated heterocycles. The highest BCUT2D eigenvalue weighted by molar-refractivity contribution is 5.03. The molecule has 0 spiro atoms. The van der Waals surface area contributed by atoms with E-state index in [1.165, 1.54) is 0 Å². The van der Waals surface area contributed by atoms with Crippen molar-refractivity contribution in [3.8, 4) is 0 Å². The third-order valence-electron chi connectivity index (χ3n) is 6.37. The van der Waals surface area contributed by atoms with Gasteiger partial charge in [0.2, 0.25) is 11.5 Å².